The Morgan fingerprint density at radius 2 is 1.79 bits per heavy atom. The van der Waals surface area contributed by atoms with E-state index in [1.807, 2.05) is 47.9 Å². The smallest absolute Gasteiger partial charge is 0.221 e. The van der Waals surface area contributed by atoms with Crippen molar-refractivity contribution in [1.29, 1.82) is 0 Å². The number of hydrogen-bond donors (Lipinski definition) is 0. The minimum atomic E-state index is -3.60. The van der Waals surface area contributed by atoms with E-state index in [1.165, 1.54) is 10.4 Å². The Morgan fingerprint density at radius 3 is 2.47 bits per heavy atom. The topological polar surface area (TPSA) is 71.3 Å². The Morgan fingerprint density at radius 1 is 1.03 bits per heavy atom. The van der Waals surface area contributed by atoms with Crippen molar-refractivity contribution in [3.63, 3.8) is 0 Å². The molecule has 7 nitrogen and oxygen atoms in total. The maximum Gasteiger partial charge on any atom is 0.221 e. The van der Waals surface area contributed by atoms with Crippen LogP contribution in [0.5, 0.6) is 0 Å². The van der Waals surface area contributed by atoms with Crippen LogP contribution in [0.2, 0.25) is 0 Å². The molecule has 0 saturated carbocycles. The molecule has 0 spiro atoms. The number of nitrogens with zero attached hydrogens (tertiary/aromatic N) is 5. The number of rotatable bonds is 5. The maximum absolute atomic E-state index is 15.2. The molecule has 1 radical (unpaired) electrons. The molecule has 2 saturated heterocycles. The van der Waals surface area contributed by atoms with Crippen molar-refractivity contribution in [2.75, 3.05) is 18.0 Å². The summed E-state index contributed by atoms with van der Waals surface area (Å²) in [5.41, 5.74) is 1.99. The molecule has 34 heavy (non-hydrogen) atoms. The summed E-state index contributed by atoms with van der Waals surface area (Å²) in [4.78, 5) is 2.12. The van der Waals surface area contributed by atoms with Crippen molar-refractivity contribution in [2.45, 2.75) is 50.1 Å². The maximum atomic E-state index is 15.2. The van der Waals surface area contributed by atoms with Gasteiger partial charge in [-0.2, -0.15) is 4.31 Å². The summed E-state index contributed by atoms with van der Waals surface area (Å²) >= 11 is 0. The zero-order valence-corrected chi connectivity index (χ0v) is 20.0. The van der Waals surface area contributed by atoms with Gasteiger partial charge >= 0.3 is 0 Å². The summed E-state index contributed by atoms with van der Waals surface area (Å²) < 4.78 is 45.6. The third-order valence-corrected chi connectivity index (χ3v) is 9.41. The third-order valence-electron chi connectivity index (χ3n) is 7.04. The fourth-order valence-corrected chi connectivity index (χ4v) is 7.20. The van der Waals surface area contributed by atoms with Gasteiger partial charge in [0.1, 0.15) is 23.7 Å². The second-order valence-corrected chi connectivity index (χ2v) is 11.2. The summed E-state index contributed by atoms with van der Waals surface area (Å²) in [7, 11) is -3.60. The van der Waals surface area contributed by atoms with Crippen molar-refractivity contribution in [1.82, 2.24) is 19.1 Å². The minimum absolute atomic E-state index is 0.0424. The van der Waals surface area contributed by atoms with Crippen LogP contribution in [0.25, 0.3) is 0 Å². The monoisotopic (exact) mass is 482 g/mol. The van der Waals surface area contributed by atoms with Crippen LogP contribution in [-0.4, -0.2) is 46.6 Å². The first-order valence-corrected chi connectivity index (χ1v) is 13.2. The van der Waals surface area contributed by atoms with Crippen molar-refractivity contribution in [2.24, 2.45) is 0 Å². The highest BCUT2D eigenvalue weighted by molar-refractivity contribution is 7.89. The fraction of sp³-hybridized carbons (Fsp3) is 0.400. The van der Waals surface area contributed by atoms with Gasteiger partial charge in [-0.3, -0.25) is 0 Å². The summed E-state index contributed by atoms with van der Waals surface area (Å²) in [5.74, 6) is -0.373. The largest absolute Gasteiger partial charge is 0.371 e. The molecule has 1 aromatic heterocycles. The van der Waals surface area contributed by atoms with Crippen LogP contribution >= 0.6 is 0 Å². The number of aromatic nitrogens is 3. The standard InChI is InChI=1S/C25H29FN5O2S/c1-19-7-10-25(20-5-3-2-4-6-20)34(32,33)31(19)16-21-8-9-23(15-24(21)26)29-13-11-22(12-14-29)30-17-27-28-18-30/h2-6,8-9,11,15,17-19,22,25H,7,10,12-14,16H2,1H3/t19-,22+,25+/m0/s1. The highest BCUT2D eigenvalue weighted by Gasteiger charge is 2.40. The van der Waals surface area contributed by atoms with Crippen LogP contribution in [0.1, 0.15) is 48.6 Å². The molecule has 0 unspecified atom stereocenters. The van der Waals surface area contributed by atoms with Gasteiger partial charge in [-0.1, -0.05) is 36.4 Å². The molecule has 0 N–H and O–H groups in total. The predicted molar refractivity (Wildman–Crippen MR) is 129 cm³/mol. The normalized spacial score (nSPS) is 23.8. The number of hydrogen-bond acceptors (Lipinski definition) is 5. The van der Waals surface area contributed by atoms with E-state index < -0.39 is 15.3 Å². The van der Waals surface area contributed by atoms with E-state index in [9.17, 15) is 8.42 Å². The van der Waals surface area contributed by atoms with Crippen molar-refractivity contribution >= 4 is 15.7 Å². The highest BCUT2D eigenvalue weighted by atomic mass is 32.2. The highest BCUT2D eigenvalue weighted by Crippen LogP contribution is 2.38. The summed E-state index contributed by atoms with van der Waals surface area (Å²) in [6.07, 6.45) is 7.80. The SMILES string of the molecule is C[C@H]1CC[C@H](c2ccccc2)S(=O)(=O)N1Cc1ccc(N2C[CH][C@@H](n3cnnc3)CC2)cc1F. The van der Waals surface area contributed by atoms with E-state index in [0.717, 1.165) is 30.6 Å². The Balaban J connectivity index is 1.30. The Labute approximate surface area is 200 Å². The van der Waals surface area contributed by atoms with E-state index in [1.54, 1.807) is 18.7 Å². The number of anilines is 1. The van der Waals surface area contributed by atoms with Gasteiger partial charge in [-0.25, -0.2) is 12.8 Å². The lowest BCUT2D eigenvalue weighted by atomic mass is 10.0. The molecule has 2 aromatic carbocycles. The molecule has 2 aliphatic rings. The van der Waals surface area contributed by atoms with Gasteiger partial charge in [0, 0.05) is 49.4 Å². The number of piperidine rings is 1. The number of benzene rings is 2. The molecule has 0 aliphatic carbocycles. The molecule has 179 valence electrons. The van der Waals surface area contributed by atoms with Crippen LogP contribution < -0.4 is 4.90 Å². The zero-order valence-electron chi connectivity index (χ0n) is 19.2. The number of halogens is 1. The molecule has 5 rings (SSSR count). The lowest BCUT2D eigenvalue weighted by Gasteiger charge is -2.37. The molecule has 0 bridgehead atoms. The van der Waals surface area contributed by atoms with Gasteiger partial charge in [0.25, 0.3) is 0 Å². The predicted octanol–water partition coefficient (Wildman–Crippen LogP) is 4.13. The molecular weight excluding hydrogens is 453 g/mol. The summed E-state index contributed by atoms with van der Waals surface area (Å²) in [6.45, 7) is 3.42. The van der Waals surface area contributed by atoms with Gasteiger partial charge in [0.05, 0.1) is 0 Å². The van der Waals surface area contributed by atoms with E-state index in [4.69, 9.17) is 0 Å². The number of sulfonamides is 1. The molecule has 3 heterocycles. The van der Waals surface area contributed by atoms with Gasteiger partial charge in [0.2, 0.25) is 10.0 Å². The first-order valence-electron chi connectivity index (χ1n) is 11.7. The third kappa shape index (κ3) is 4.46. The van der Waals surface area contributed by atoms with E-state index >= 15 is 4.39 Å². The molecule has 2 fully saturated rings. The van der Waals surface area contributed by atoms with Gasteiger partial charge in [0.15, 0.2) is 0 Å². The average Bonchev–Trinajstić information content (AvgIpc) is 3.38. The first kappa shape index (κ1) is 23.0. The van der Waals surface area contributed by atoms with Gasteiger partial charge in [-0.15, -0.1) is 10.2 Å². The van der Waals surface area contributed by atoms with E-state index in [2.05, 4.69) is 21.5 Å². The second-order valence-electron chi connectivity index (χ2n) is 9.14. The van der Waals surface area contributed by atoms with Crippen LogP contribution in [0.4, 0.5) is 10.1 Å². The zero-order chi connectivity index (χ0) is 23.7. The molecule has 3 aromatic rings. The molecule has 9 heteroatoms. The van der Waals surface area contributed by atoms with Gasteiger partial charge < -0.3 is 9.47 Å². The lowest BCUT2D eigenvalue weighted by molar-refractivity contribution is 0.279. The molecule has 3 atom stereocenters. The van der Waals surface area contributed by atoms with E-state index in [-0.39, 0.29) is 24.4 Å². The van der Waals surface area contributed by atoms with Crippen LogP contribution in [-0.2, 0) is 16.6 Å². The van der Waals surface area contributed by atoms with Crippen molar-refractivity contribution in [3.05, 3.63) is 84.6 Å². The van der Waals surface area contributed by atoms with Crippen molar-refractivity contribution in [3.8, 4) is 0 Å². The Bertz CT molecular complexity index is 1210. The quantitative estimate of drug-likeness (QED) is 0.547. The second kappa shape index (κ2) is 9.46. The first-order chi connectivity index (χ1) is 16.4. The molecule has 0 amide bonds. The Hall–Kier alpha value is -2.78. The lowest BCUT2D eigenvalue weighted by Crippen LogP contribution is -2.44. The molecular formula is C25H29FN5O2S. The van der Waals surface area contributed by atoms with Crippen LogP contribution in [0.15, 0.2) is 61.2 Å². The van der Waals surface area contributed by atoms with Crippen molar-refractivity contribution < 1.29 is 12.8 Å². The van der Waals surface area contributed by atoms with Gasteiger partial charge in [-0.05, 0) is 43.9 Å². The average molecular weight is 483 g/mol. The minimum Gasteiger partial charge on any atom is -0.371 e. The summed E-state index contributed by atoms with van der Waals surface area (Å²) in [6, 6.07) is 14.5. The van der Waals surface area contributed by atoms with Crippen LogP contribution in [0.3, 0.4) is 0 Å². The summed E-state index contributed by atoms with van der Waals surface area (Å²) in [5, 5.41) is 7.14. The molecule has 2 aliphatic heterocycles. The van der Waals surface area contributed by atoms with Crippen LogP contribution in [0, 0.1) is 12.2 Å². The fourth-order valence-electron chi connectivity index (χ4n) is 5.01. The Kier molecular flexibility index (Phi) is 6.40. The van der Waals surface area contributed by atoms with E-state index in [0.29, 0.717) is 18.5 Å².